The van der Waals surface area contributed by atoms with Gasteiger partial charge in [-0.2, -0.15) is 0 Å². The van der Waals surface area contributed by atoms with E-state index in [1.165, 1.54) is 17.2 Å². The van der Waals surface area contributed by atoms with Crippen molar-refractivity contribution in [2.75, 3.05) is 0 Å². The zero-order chi connectivity index (χ0) is 15.4. The van der Waals surface area contributed by atoms with Crippen LogP contribution < -0.4 is 5.73 Å². The Morgan fingerprint density at radius 2 is 1.90 bits per heavy atom. The number of aryl methyl sites for hydroxylation is 2. The lowest BCUT2D eigenvalue weighted by Gasteiger charge is -2.15. The first-order chi connectivity index (χ1) is 10.0. The van der Waals surface area contributed by atoms with Crippen LogP contribution in [0.15, 0.2) is 46.2 Å². The van der Waals surface area contributed by atoms with Crippen molar-refractivity contribution >= 4 is 11.8 Å². The van der Waals surface area contributed by atoms with Crippen LogP contribution in [-0.2, 0) is 6.42 Å². The van der Waals surface area contributed by atoms with E-state index in [9.17, 15) is 4.39 Å². The Balaban J connectivity index is 2.33. The molecule has 1 atom stereocenters. The highest BCUT2D eigenvalue weighted by Gasteiger charge is 2.13. The van der Waals surface area contributed by atoms with Gasteiger partial charge in [-0.05, 0) is 50.5 Å². The van der Waals surface area contributed by atoms with Crippen LogP contribution in [0.2, 0.25) is 0 Å². The van der Waals surface area contributed by atoms with E-state index in [4.69, 9.17) is 5.73 Å². The molecule has 0 aliphatic carbocycles. The maximum atomic E-state index is 14.1. The van der Waals surface area contributed by atoms with Crippen molar-refractivity contribution in [2.45, 2.75) is 49.4 Å². The lowest BCUT2D eigenvalue weighted by Crippen LogP contribution is -2.22. The van der Waals surface area contributed by atoms with Gasteiger partial charge in [0.1, 0.15) is 5.82 Å². The van der Waals surface area contributed by atoms with E-state index in [1.54, 1.807) is 17.8 Å². The van der Waals surface area contributed by atoms with E-state index < -0.39 is 0 Å². The summed E-state index contributed by atoms with van der Waals surface area (Å²) in [5.41, 5.74) is 9.20. The zero-order valence-electron chi connectivity index (χ0n) is 12.8. The molecule has 0 amide bonds. The summed E-state index contributed by atoms with van der Waals surface area (Å²) < 4.78 is 14.1. The van der Waals surface area contributed by atoms with Gasteiger partial charge in [-0.25, -0.2) is 4.39 Å². The number of rotatable bonds is 5. The molecule has 1 unspecified atom stereocenters. The Bertz CT molecular complexity index is 625. The molecule has 0 heterocycles. The van der Waals surface area contributed by atoms with Crippen LogP contribution in [-0.4, -0.2) is 6.04 Å². The van der Waals surface area contributed by atoms with Crippen LogP contribution in [0.1, 0.15) is 30.0 Å². The van der Waals surface area contributed by atoms with Crippen LogP contribution in [0.4, 0.5) is 4.39 Å². The smallest absolute Gasteiger partial charge is 0.127 e. The highest BCUT2D eigenvalue weighted by Crippen LogP contribution is 2.34. The first-order valence-corrected chi connectivity index (χ1v) is 8.11. The van der Waals surface area contributed by atoms with E-state index in [2.05, 4.69) is 32.0 Å². The molecule has 3 heteroatoms. The molecule has 2 rings (SSSR count). The quantitative estimate of drug-likeness (QED) is 0.852. The van der Waals surface area contributed by atoms with Gasteiger partial charge < -0.3 is 5.73 Å². The first-order valence-electron chi connectivity index (χ1n) is 7.29. The molecule has 2 N–H and O–H groups in total. The fraction of sp³-hybridized carbons (Fsp3) is 0.333. The molecular weight excluding hydrogens is 281 g/mol. The van der Waals surface area contributed by atoms with Gasteiger partial charge >= 0.3 is 0 Å². The van der Waals surface area contributed by atoms with Crippen LogP contribution in [0.3, 0.4) is 0 Å². The first kappa shape index (κ1) is 16.1. The number of halogens is 1. The second-order valence-corrected chi connectivity index (χ2v) is 6.54. The maximum absolute atomic E-state index is 14.1. The second kappa shape index (κ2) is 7.10. The van der Waals surface area contributed by atoms with Crippen LogP contribution in [0, 0.1) is 19.7 Å². The van der Waals surface area contributed by atoms with E-state index in [0.29, 0.717) is 6.42 Å². The minimum Gasteiger partial charge on any atom is -0.327 e. The Hall–Kier alpha value is -1.32. The van der Waals surface area contributed by atoms with Crippen LogP contribution in [0.25, 0.3) is 0 Å². The van der Waals surface area contributed by atoms with Gasteiger partial charge in [0.25, 0.3) is 0 Å². The summed E-state index contributed by atoms with van der Waals surface area (Å²) >= 11 is 1.62. The third-order valence-electron chi connectivity index (χ3n) is 3.62. The molecule has 0 saturated carbocycles. The average Bonchev–Trinajstić information content (AvgIpc) is 2.45. The summed E-state index contributed by atoms with van der Waals surface area (Å²) in [6, 6.07) is 11.6. The van der Waals surface area contributed by atoms with Gasteiger partial charge in [-0.15, -0.1) is 0 Å². The normalized spacial score (nSPS) is 12.4. The SMILES string of the molecule is CCC(N)Cc1c(F)cccc1Sc1ccc(C)cc1C. The monoisotopic (exact) mass is 303 g/mol. The van der Waals surface area contributed by atoms with Crippen molar-refractivity contribution in [3.63, 3.8) is 0 Å². The van der Waals surface area contributed by atoms with Crippen molar-refractivity contribution in [1.29, 1.82) is 0 Å². The average molecular weight is 303 g/mol. The molecule has 0 saturated heterocycles. The predicted molar refractivity (Wildman–Crippen MR) is 88.4 cm³/mol. The number of hydrogen-bond donors (Lipinski definition) is 1. The topological polar surface area (TPSA) is 26.0 Å². The molecule has 0 aliphatic rings. The molecular formula is C18H22FNS. The molecule has 112 valence electrons. The highest BCUT2D eigenvalue weighted by molar-refractivity contribution is 7.99. The van der Waals surface area contributed by atoms with Gasteiger partial charge in [-0.1, -0.05) is 42.4 Å². The minimum absolute atomic E-state index is 0.000338. The van der Waals surface area contributed by atoms with Gasteiger partial charge in [0.2, 0.25) is 0 Å². The standard InChI is InChI=1S/C18H22FNS/c1-4-14(20)11-15-16(19)6-5-7-18(15)21-17-9-8-12(2)10-13(17)3/h5-10,14H,4,11,20H2,1-3H3. The molecule has 0 radical (unpaired) electrons. The van der Waals surface area contributed by atoms with E-state index >= 15 is 0 Å². The molecule has 2 aromatic rings. The Morgan fingerprint density at radius 1 is 1.14 bits per heavy atom. The fourth-order valence-electron chi connectivity index (χ4n) is 2.27. The maximum Gasteiger partial charge on any atom is 0.127 e. The molecule has 0 aliphatic heterocycles. The Labute approximate surface area is 130 Å². The van der Waals surface area contributed by atoms with Gasteiger partial charge in [0.15, 0.2) is 0 Å². The minimum atomic E-state index is -0.159. The molecule has 0 bridgehead atoms. The van der Waals surface area contributed by atoms with Crippen LogP contribution in [0.5, 0.6) is 0 Å². The number of nitrogens with two attached hydrogens (primary N) is 1. The molecule has 0 spiro atoms. The summed E-state index contributed by atoms with van der Waals surface area (Å²) in [5.74, 6) is -0.159. The lowest BCUT2D eigenvalue weighted by molar-refractivity contribution is 0.571. The van der Waals surface area contributed by atoms with Crippen molar-refractivity contribution in [3.8, 4) is 0 Å². The number of benzene rings is 2. The molecule has 0 aromatic heterocycles. The van der Waals surface area contributed by atoms with E-state index in [-0.39, 0.29) is 11.9 Å². The van der Waals surface area contributed by atoms with Gasteiger partial charge in [0, 0.05) is 21.4 Å². The van der Waals surface area contributed by atoms with Gasteiger partial charge in [-0.3, -0.25) is 0 Å². The zero-order valence-corrected chi connectivity index (χ0v) is 13.6. The molecule has 2 aromatic carbocycles. The summed E-state index contributed by atoms with van der Waals surface area (Å²) in [4.78, 5) is 2.13. The molecule has 0 fully saturated rings. The summed E-state index contributed by atoms with van der Waals surface area (Å²) in [5, 5.41) is 0. The second-order valence-electron chi connectivity index (χ2n) is 5.46. The van der Waals surface area contributed by atoms with Crippen molar-refractivity contribution in [2.24, 2.45) is 5.73 Å². The largest absolute Gasteiger partial charge is 0.327 e. The summed E-state index contributed by atoms with van der Waals surface area (Å²) in [7, 11) is 0. The third kappa shape index (κ3) is 4.08. The Morgan fingerprint density at radius 3 is 2.57 bits per heavy atom. The van der Waals surface area contributed by atoms with Crippen molar-refractivity contribution in [3.05, 3.63) is 58.9 Å². The van der Waals surface area contributed by atoms with Crippen LogP contribution >= 0.6 is 11.8 Å². The third-order valence-corrected chi connectivity index (χ3v) is 4.90. The van der Waals surface area contributed by atoms with E-state index in [0.717, 1.165) is 21.8 Å². The van der Waals surface area contributed by atoms with E-state index in [1.807, 2.05) is 13.0 Å². The van der Waals surface area contributed by atoms with Crippen molar-refractivity contribution in [1.82, 2.24) is 0 Å². The molecule has 1 nitrogen and oxygen atoms in total. The highest BCUT2D eigenvalue weighted by atomic mass is 32.2. The molecule has 21 heavy (non-hydrogen) atoms. The van der Waals surface area contributed by atoms with Gasteiger partial charge in [0.05, 0.1) is 0 Å². The summed E-state index contributed by atoms with van der Waals surface area (Å²) in [6.45, 7) is 6.20. The fourth-order valence-corrected chi connectivity index (χ4v) is 3.31. The summed E-state index contributed by atoms with van der Waals surface area (Å²) in [6.07, 6.45) is 1.43. The lowest BCUT2D eigenvalue weighted by atomic mass is 10.0. The Kier molecular flexibility index (Phi) is 5.43. The predicted octanol–water partition coefficient (Wildman–Crippen LogP) is 4.87. The van der Waals surface area contributed by atoms with Crippen molar-refractivity contribution < 1.29 is 4.39 Å². The number of hydrogen-bond acceptors (Lipinski definition) is 2.